The summed E-state index contributed by atoms with van der Waals surface area (Å²) in [5.41, 5.74) is 12.2. The zero-order valence-corrected chi connectivity index (χ0v) is 25.6. The summed E-state index contributed by atoms with van der Waals surface area (Å²) in [5, 5.41) is 9.29. The molecule has 0 saturated heterocycles. The maximum Gasteiger partial charge on any atom is 0.160 e. The minimum absolute atomic E-state index is 0.842. The van der Waals surface area contributed by atoms with E-state index in [4.69, 9.17) is 8.83 Å². The molecule has 48 heavy (non-hydrogen) atoms. The Morgan fingerprint density at radius 3 is 1.08 bits per heavy atom. The lowest BCUT2D eigenvalue weighted by molar-refractivity contribution is 0.644. The molecule has 0 unspecified atom stereocenters. The Morgan fingerprint density at radius 2 is 0.708 bits per heavy atom. The van der Waals surface area contributed by atoms with E-state index in [1.54, 1.807) is 0 Å². The third kappa shape index (κ3) is 2.92. The minimum Gasteiger partial charge on any atom is -0.454 e. The number of hydrogen-bond donors (Lipinski definition) is 0. The highest BCUT2D eigenvalue weighted by molar-refractivity contribution is 6.27. The van der Waals surface area contributed by atoms with E-state index < -0.39 is 0 Å². The maximum absolute atomic E-state index is 7.08. The molecule has 2 aliphatic heterocycles. The first-order valence-corrected chi connectivity index (χ1v) is 16.4. The average molecular weight is 613 g/mol. The fourth-order valence-electron chi connectivity index (χ4n) is 8.55. The van der Waals surface area contributed by atoms with Gasteiger partial charge in [0.15, 0.2) is 11.2 Å². The Morgan fingerprint density at radius 1 is 0.354 bits per heavy atom. The summed E-state index contributed by atoms with van der Waals surface area (Å²) < 4.78 is 18.9. The van der Waals surface area contributed by atoms with Gasteiger partial charge in [-0.2, -0.15) is 0 Å². The molecular weight excluding hydrogens is 588 g/mol. The van der Waals surface area contributed by atoms with Gasteiger partial charge in [0, 0.05) is 43.4 Å². The van der Waals surface area contributed by atoms with Crippen LogP contribution in [0.25, 0.3) is 110 Å². The van der Waals surface area contributed by atoms with E-state index in [1.807, 2.05) is 0 Å². The Kier molecular flexibility index (Phi) is 4.44. The van der Waals surface area contributed by atoms with Gasteiger partial charge in [-0.05, 0) is 59.3 Å². The van der Waals surface area contributed by atoms with Crippen LogP contribution in [-0.4, -0.2) is 9.13 Å². The second-order valence-electron chi connectivity index (χ2n) is 12.9. The third-order valence-corrected chi connectivity index (χ3v) is 10.4. The van der Waals surface area contributed by atoms with Crippen molar-refractivity contribution in [1.29, 1.82) is 0 Å². The predicted octanol–water partition coefficient (Wildman–Crippen LogP) is 12.2. The number of benzene rings is 8. The molecule has 0 fully saturated rings. The molecular formula is C44H24N2O2. The van der Waals surface area contributed by atoms with Gasteiger partial charge in [0.05, 0.1) is 33.4 Å². The highest BCUT2D eigenvalue weighted by Crippen LogP contribution is 2.52. The SMILES string of the molecule is c1cc2cc(-n3c4ccccc4c4ccccc43)c3oc4cccc5cc(-n6c7ccccc7c7ccccc76)c6oc(c1)c2c3-c6c54. The quantitative estimate of drug-likeness (QED) is 0.144. The molecule has 8 aromatic carbocycles. The molecule has 2 aromatic heterocycles. The number of aromatic nitrogens is 2. The van der Waals surface area contributed by atoms with Crippen molar-refractivity contribution in [2.24, 2.45) is 0 Å². The number of fused-ring (bicyclic) bond motifs is 6. The molecule has 0 saturated carbocycles. The van der Waals surface area contributed by atoms with Gasteiger partial charge in [-0.15, -0.1) is 0 Å². The first-order valence-electron chi connectivity index (χ1n) is 16.4. The summed E-state index contributed by atoms with van der Waals surface area (Å²) in [5.74, 6) is 0. The number of rotatable bonds is 2. The van der Waals surface area contributed by atoms with Crippen LogP contribution in [0.3, 0.4) is 0 Å². The summed E-state index contributed by atoms with van der Waals surface area (Å²) >= 11 is 0. The lowest BCUT2D eigenvalue weighted by Crippen LogP contribution is -2.03. The second kappa shape index (κ2) is 8.64. The van der Waals surface area contributed by atoms with Gasteiger partial charge in [-0.3, -0.25) is 0 Å². The third-order valence-electron chi connectivity index (χ3n) is 10.4. The summed E-state index contributed by atoms with van der Waals surface area (Å²) in [6.07, 6.45) is 0. The largest absolute Gasteiger partial charge is 0.454 e. The van der Waals surface area contributed by atoms with Gasteiger partial charge in [0.1, 0.15) is 11.2 Å². The molecule has 4 nitrogen and oxygen atoms in total. The molecule has 0 radical (unpaired) electrons. The molecule has 2 aliphatic rings. The lowest BCUT2D eigenvalue weighted by atomic mass is 9.89. The molecule has 12 rings (SSSR count). The van der Waals surface area contributed by atoms with Crippen molar-refractivity contribution >= 4 is 87.5 Å². The first-order chi connectivity index (χ1) is 23.8. The molecule has 0 atom stereocenters. The fraction of sp³-hybridized carbons (Fsp3) is 0. The van der Waals surface area contributed by atoms with Gasteiger partial charge in [-0.1, -0.05) is 97.1 Å². The van der Waals surface area contributed by atoms with Crippen molar-refractivity contribution in [3.8, 4) is 22.5 Å². The smallest absolute Gasteiger partial charge is 0.160 e. The number of hydrogen-bond acceptors (Lipinski definition) is 2. The molecule has 0 spiro atoms. The van der Waals surface area contributed by atoms with Crippen LogP contribution in [0, 0.1) is 0 Å². The van der Waals surface area contributed by atoms with Crippen molar-refractivity contribution in [3.63, 3.8) is 0 Å². The van der Waals surface area contributed by atoms with E-state index in [1.165, 1.54) is 21.5 Å². The monoisotopic (exact) mass is 612 g/mol. The molecule has 10 aromatic rings. The summed E-state index contributed by atoms with van der Waals surface area (Å²) in [6, 6.07) is 51.9. The normalized spacial score (nSPS) is 12.6. The zero-order valence-electron chi connectivity index (χ0n) is 25.6. The van der Waals surface area contributed by atoms with Crippen LogP contribution >= 0.6 is 0 Å². The van der Waals surface area contributed by atoms with Gasteiger partial charge < -0.3 is 18.0 Å². The molecule has 4 heteroatoms. The molecule has 4 heterocycles. The van der Waals surface area contributed by atoms with Gasteiger partial charge in [0.25, 0.3) is 0 Å². The van der Waals surface area contributed by atoms with Crippen molar-refractivity contribution in [2.75, 3.05) is 0 Å². The molecule has 0 amide bonds. The summed E-state index contributed by atoms with van der Waals surface area (Å²) in [7, 11) is 0. The maximum atomic E-state index is 7.08. The van der Waals surface area contributed by atoms with Crippen LogP contribution in [0.2, 0.25) is 0 Å². The van der Waals surface area contributed by atoms with Crippen molar-refractivity contribution in [2.45, 2.75) is 0 Å². The van der Waals surface area contributed by atoms with Crippen LogP contribution in [0.1, 0.15) is 0 Å². The number of para-hydroxylation sites is 4. The van der Waals surface area contributed by atoms with Crippen molar-refractivity contribution in [3.05, 3.63) is 146 Å². The molecule has 0 N–H and O–H groups in total. The Hall–Kier alpha value is -6.52. The molecule has 0 aliphatic carbocycles. The van der Waals surface area contributed by atoms with E-state index in [-0.39, 0.29) is 0 Å². The summed E-state index contributed by atoms with van der Waals surface area (Å²) in [6.45, 7) is 0. The van der Waals surface area contributed by atoms with E-state index in [9.17, 15) is 0 Å². The standard InChI is InChI=1S/C44H24N2O2/c1-5-17-31-27(13-1)28-14-2-6-18-32(28)45(31)35-23-25-11-9-22-38-39(25)41-42-40-26(12-10-21-37(40)47-43(35)41)24-36(44(42)48-38)46-33-19-7-3-15-29(33)30-16-4-8-20-34(30)46/h1-24H. The van der Waals surface area contributed by atoms with Crippen LogP contribution in [0.5, 0.6) is 0 Å². The minimum atomic E-state index is 0.842. The lowest BCUT2D eigenvalue weighted by Gasteiger charge is -2.24. The van der Waals surface area contributed by atoms with Crippen LogP contribution in [-0.2, 0) is 0 Å². The topological polar surface area (TPSA) is 36.1 Å². The second-order valence-corrected chi connectivity index (χ2v) is 12.9. The highest BCUT2D eigenvalue weighted by atomic mass is 16.3. The highest BCUT2D eigenvalue weighted by Gasteiger charge is 2.30. The average Bonchev–Trinajstić information content (AvgIpc) is 3.65. The van der Waals surface area contributed by atoms with Crippen LogP contribution in [0.15, 0.2) is 154 Å². The van der Waals surface area contributed by atoms with E-state index in [2.05, 4.69) is 155 Å². The molecule has 222 valence electrons. The zero-order chi connectivity index (χ0) is 31.1. The fourth-order valence-corrected chi connectivity index (χ4v) is 8.55. The molecule has 0 bridgehead atoms. The van der Waals surface area contributed by atoms with E-state index >= 15 is 0 Å². The Labute approximate surface area is 272 Å². The van der Waals surface area contributed by atoms with Gasteiger partial charge >= 0.3 is 0 Å². The van der Waals surface area contributed by atoms with Crippen molar-refractivity contribution in [1.82, 2.24) is 9.13 Å². The van der Waals surface area contributed by atoms with Crippen LogP contribution in [0.4, 0.5) is 0 Å². The number of nitrogens with zero attached hydrogens (tertiary/aromatic N) is 2. The van der Waals surface area contributed by atoms with Gasteiger partial charge in [-0.25, -0.2) is 0 Å². The predicted molar refractivity (Wildman–Crippen MR) is 197 cm³/mol. The van der Waals surface area contributed by atoms with Crippen LogP contribution < -0.4 is 0 Å². The summed E-state index contributed by atoms with van der Waals surface area (Å²) in [4.78, 5) is 0. The van der Waals surface area contributed by atoms with Crippen molar-refractivity contribution < 1.29 is 8.83 Å². The van der Waals surface area contributed by atoms with E-state index in [0.717, 1.165) is 88.4 Å². The Balaban J connectivity index is 1.32. The first kappa shape index (κ1) is 24.7. The van der Waals surface area contributed by atoms with Gasteiger partial charge in [0.2, 0.25) is 0 Å². The Bertz CT molecular complexity index is 2910. The van der Waals surface area contributed by atoms with E-state index in [0.29, 0.717) is 0 Å².